The lowest BCUT2D eigenvalue weighted by Gasteiger charge is -2.28. The highest BCUT2D eigenvalue weighted by atomic mass is 16.1. The maximum Gasteiger partial charge on any atom is 0.162 e. The molecule has 0 bridgehead atoms. The summed E-state index contributed by atoms with van der Waals surface area (Å²) in [7, 11) is 0. The summed E-state index contributed by atoms with van der Waals surface area (Å²) in [6.45, 7) is 11.4. The Morgan fingerprint density at radius 3 is 2.19 bits per heavy atom. The topological polar surface area (TPSA) is 46.3 Å². The van der Waals surface area contributed by atoms with Crippen LogP contribution in [-0.4, -0.2) is 35.9 Å². The Bertz CT molecular complexity index is 739. The molecular weight excluding hydrogens is 392 g/mol. The number of ketones is 1. The van der Waals surface area contributed by atoms with Crippen molar-refractivity contribution in [1.82, 2.24) is 4.90 Å². The molecule has 1 heterocycles. The van der Waals surface area contributed by atoms with Crippen molar-refractivity contribution < 1.29 is 4.79 Å². The molecule has 2 aliphatic rings. The van der Waals surface area contributed by atoms with Gasteiger partial charge in [0, 0.05) is 24.1 Å². The normalized spacial score (nSPS) is 20.5. The molecule has 1 saturated carbocycles. The van der Waals surface area contributed by atoms with Crippen LogP contribution in [0.25, 0.3) is 5.57 Å². The number of Topliss-reactive ketones (excluding diaryl/α,β-unsaturated/α-hetero) is 1. The standard InChI is InChI=1S/C29H46N2O/c1-21(2)10-17-27(31-18-5-6-19-31)8-7-9-29(32)26-15-13-25(14-16-26)28(24-11-12-24)20-22(3)23(4)30/h13-16,20-24,27H,5-12,17-19,30H2,1-4H3/b28-20+. The zero-order valence-corrected chi connectivity index (χ0v) is 21.0. The monoisotopic (exact) mass is 438 g/mol. The van der Waals surface area contributed by atoms with Crippen LogP contribution in [0.2, 0.25) is 0 Å². The first-order chi connectivity index (χ1) is 15.3. The van der Waals surface area contributed by atoms with Crippen LogP contribution in [0.15, 0.2) is 30.3 Å². The lowest BCUT2D eigenvalue weighted by molar-refractivity contribution is 0.0974. The number of carbonyl (C=O) groups excluding carboxylic acids is 1. The number of rotatable bonds is 13. The molecule has 0 spiro atoms. The predicted octanol–water partition coefficient (Wildman–Crippen LogP) is 6.72. The van der Waals surface area contributed by atoms with E-state index in [1.807, 2.05) is 12.1 Å². The van der Waals surface area contributed by atoms with Gasteiger partial charge < -0.3 is 10.6 Å². The molecule has 1 aliphatic heterocycles. The minimum Gasteiger partial charge on any atom is -0.327 e. The van der Waals surface area contributed by atoms with Crippen LogP contribution in [0, 0.1) is 17.8 Å². The van der Waals surface area contributed by atoms with E-state index in [0.29, 0.717) is 30.1 Å². The predicted molar refractivity (Wildman–Crippen MR) is 137 cm³/mol. The second-order valence-corrected chi connectivity index (χ2v) is 10.9. The SMILES string of the molecule is CC(C)CCC(CCCC(=O)c1ccc(/C(=C/C(C)C(C)N)C2CC2)cc1)N1CCCC1. The molecule has 1 aromatic carbocycles. The molecule has 2 fully saturated rings. The van der Waals surface area contributed by atoms with Gasteiger partial charge in [-0.25, -0.2) is 0 Å². The van der Waals surface area contributed by atoms with Gasteiger partial charge in [-0.05, 0) is 100 Å². The van der Waals surface area contributed by atoms with Crippen LogP contribution in [0.4, 0.5) is 0 Å². The Hall–Kier alpha value is -1.45. The van der Waals surface area contributed by atoms with Gasteiger partial charge in [0.1, 0.15) is 0 Å². The van der Waals surface area contributed by atoms with Gasteiger partial charge in [0.05, 0.1) is 0 Å². The van der Waals surface area contributed by atoms with Gasteiger partial charge in [0.25, 0.3) is 0 Å². The molecule has 1 aliphatic carbocycles. The maximum absolute atomic E-state index is 12.9. The molecule has 3 heteroatoms. The molecule has 0 amide bonds. The van der Waals surface area contributed by atoms with Crippen LogP contribution < -0.4 is 5.73 Å². The largest absolute Gasteiger partial charge is 0.327 e. The molecule has 0 aromatic heterocycles. The fourth-order valence-corrected chi connectivity index (χ4v) is 4.93. The molecule has 32 heavy (non-hydrogen) atoms. The van der Waals surface area contributed by atoms with E-state index in [1.165, 1.54) is 62.8 Å². The van der Waals surface area contributed by atoms with E-state index < -0.39 is 0 Å². The molecule has 3 unspecified atom stereocenters. The van der Waals surface area contributed by atoms with Gasteiger partial charge in [-0.15, -0.1) is 0 Å². The summed E-state index contributed by atoms with van der Waals surface area (Å²) < 4.78 is 0. The van der Waals surface area contributed by atoms with Crippen molar-refractivity contribution in [3.05, 3.63) is 41.5 Å². The van der Waals surface area contributed by atoms with E-state index in [2.05, 4.69) is 50.8 Å². The molecule has 0 radical (unpaired) electrons. The van der Waals surface area contributed by atoms with Crippen molar-refractivity contribution in [2.75, 3.05) is 13.1 Å². The molecule has 1 aromatic rings. The average Bonchev–Trinajstić information content (AvgIpc) is 3.47. The quantitative estimate of drug-likeness (QED) is 0.348. The summed E-state index contributed by atoms with van der Waals surface area (Å²) in [6.07, 6.45) is 13.0. The van der Waals surface area contributed by atoms with E-state index in [-0.39, 0.29) is 6.04 Å². The van der Waals surface area contributed by atoms with Gasteiger partial charge in [0.2, 0.25) is 0 Å². The minimum atomic E-state index is 0.162. The Morgan fingerprint density at radius 1 is 1.00 bits per heavy atom. The Labute approximate surface area is 196 Å². The molecule has 3 nitrogen and oxygen atoms in total. The van der Waals surface area contributed by atoms with Gasteiger partial charge in [-0.3, -0.25) is 4.79 Å². The zero-order chi connectivity index (χ0) is 23.1. The summed E-state index contributed by atoms with van der Waals surface area (Å²) in [5, 5.41) is 0. The summed E-state index contributed by atoms with van der Waals surface area (Å²) in [6, 6.07) is 9.22. The third kappa shape index (κ3) is 7.56. The highest BCUT2D eigenvalue weighted by Gasteiger charge is 2.28. The molecule has 3 atom stereocenters. The first-order valence-electron chi connectivity index (χ1n) is 13.2. The van der Waals surface area contributed by atoms with Crippen molar-refractivity contribution in [2.24, 2.45) is 23.5 Å². The first-order valence-corrected chi connectivity index (χ1v) is 13.2. The first kappa shape index (κ1) is 25.2. The van der Waals surface area contributed by atoms with Crippen LogP contribution in [0.5, 0.6) is 0 Å². The smallest absolute Gasteiger partial charge is 0.162 e. The van der Waals surface area contributed by atoms with Crippen molar-refractivity contribution >= 4 is 11.4 Å². The van der Waals surface area contributed by atoms with E-state index in [4.69, 9.17) is 5.73 Å². The number of hydrogen-bond acceptors (Lipinski definition) is 3. The Balaban J connectivity index is 1.54. The number of hydrogen-bond donors (Lipinski definition) is 1. The number of carbonyl (C=O) groups is 1. The van der Waals surface area contributed by atoms with Crippen LogP contribution in [0.1, 0.15) is 101 Å². The second-order valence-electron chi connectivity index (χ2n) is 10.9. The fourth-order valence-electron chi connectivity index (χ4n) is 4.93. The number of allylic oxidation sites excluding steroid dienone is 1. The van der Waals surface area contributed by atoms with Crippen LogP contribution in [0.3, 0.4) is 0 Å². The third-order valence-electron chi connectivity index (χ3n) is 7.50. The zero-order valence-electron chi connectivity index (χ0n) is 21.0. The van der Waals surface area contributed by atoms with E-state index in [1.54, 1.807) is 0 Å². The van der Waals surface area contributed by atoms with Crippen molar-refractivity contribution in [1.29, 1.82) is 0 Å². The fraction of sp³-hybridized carbons (Fsp3) is 0.690. The number of benzene rings is 1. The Kier molecular flexibility index (Phi) is 9.55. The van der Waals surface area contributed by atoms with Crippen molar-refractivity contribution in [2.45, 2.75) is 97.6 Å². The average molecular weight is 439 g/mol. The molecular formula is C29H46N2O. The van der Waals surface area contributed by atoms with Crippen LogP contribution >= 0.6 is 0 Å². The van der Waals surface area contributed by atoms with Gasteiger partial charge in [-0.1, -0.05) is 51.1 Å². The van der Waals surface area contributed by atoms with Crippen LogP contribution in [-0.2, 0) is 0 Å². The molecule has 3 rings (SSSR count). The third-order valence-corrected chi connectivity index (χ3v) is 7.50. The van der Waals surface area contributed by atoms with Gasteiger partial charge in [0.15, 0.2) is 5.78 Å². The van der Waals surface area contributed by atoms with E-state index in [9.17, 15) is 4.79 Å². The number of likely N-dealkylation sites (tertiary alicyclic amines) is 1. The summed E-state index contributed by atoms with van der Waals surface area (Å²) >= 11 is 0. The van der Waals surface area contributed by atoms with Crippen molar-refractivity contribution in [3.8, 4) is 0 Å². The van der Waals surface area contributed by atoms with E-state index >= 15 is 0 Å². The second kappa shape index (κ2) is 12.1. The summed E-state index contributed by atoms with van der Waals surface area (Å²) in [5.74, 6) is 2.09. The maximum atomic E-state index is 12.9. The van der Waals surface area contributed by atoms with E-state index in [0.717, 1.165) is 24.3 Å². The highest BCUT2D eigenvalue weighted by Crippen LogP contribution is 2.42. The van der Waals surface area contributed by atoms with Crippen molar-refractivity contribution in [3.63, 3.8) is 0 Å². The lowest BCUT2D eigenvalue weighted by atomic mass is 9.92. The highest BCUT2D eigenvalue weighted by molar-refractivity contribution is 5.96. The Morgan fingerprint density at radius 2 is 1.62 bits per heavy atom. The molecule has 2 N–H and O–H groups in total. The molecule has 178 valence electrons. The molecule has 1 saturated heterocycles. The summed E-state index contributed by atoms with van der Waals surface area (Å²) in [4.78, 5) is 15.5. The van der Waals surface area contributed by atoms with Gasteiger partial charge in [-0.2, -0.15) is 0 Å². The van der Waals surface area contributed by atoms with Gasteiger partial charge >= 0.3 is 0 Å². The lowest BCUT2D eigenvalue weighted by Crippen LogP contribution is -2.33. The minimum absolute atomic E-state index is 0.162. The number of nitrogens with zero attached hydrogens (tertiary/aromatic N) is 1. The number of nitrogens with two attached hydrogens (primary N) is 1. The summed E-state index contributed by atoms with van der Waals surface area (Å²) in [5.41, 5.74) is 9.65.